The van der Waals surface area contributed by atoms with E-state index in [0.29, 0.717) is 31.9 Å². The molecule has 116 valence electrons. The fourth-order valence-corrected chi connectivity index (χ4v) is 2.38. The van der Waals surface area contributed by atoms with Crippen LogP contribution in [0.5, 0.6) is 0 Å². The molecule has 0 bridgehead atoms. The van der Waals surface area contributed by atoms with E-state index in [-0.39, 0.29) is 17.8 Å². The van der Waals surface area contributed by atoms with E-state index in [9.17, 15) is 14.3 Å². The summed E-state index contributed by atoms with van der Waals surface area (Å²) in [6.45, 7) is 1.78. The predicted octanol–water partition coefficient (Wildman–Crippen LogP) is 2.12. The van der Waals surface area contributed by atoms with Crippen molar-refractivity contribution in [3.8, 4) is 0 Å². The molecule has 0 aromatic heterocycles. The van der Waals surface area contributed by atoms with Crippen molar-refractivity contribution >= 4 is 11.7 Å². The number of rotatable bonds is 5. The van der Waals surface area contributed by atoms with Crippen molar-refractivity contribution in [3.05, 3.63) is 30.1 Å². The van der Waals surface area contributed by atoms with Gasteiger partial charge < -0.3 is 20.5 Å². The van der Waals surface area contributed by atoms with Gasteiger partial charge in [0.05, 0.1) is 6.10 Å². The Balaban J connectivity index is 1.65. The fourth-order valence-electron chi connectivity index (χ4n) is 2.38. The molecule has 0 spiro atoms. The number of ether oxygens (including phenoxy) is 1. The molecule has 1 aliphatic heterocycles. The molecule has 2 rings (SSSR count). The lowest BCUT2D eigenvalue weighted by atomic mass is 9.92. The number of aliphatic hydroxyl groups is 1. The summed E-state index contributed by atoms with van der Waals surface area (Å²) in [6.07, 6.45) is 1.83. The maximum atomic E-state index is 12.7. The van der Waals surface area contributed by atoms with Gasteiger partial charge in [0, 0.05) is 25.4 Å². The number of nitrogens with one attached hydrogen (secondary N) is 2. The summed E-state index contributed by atoms with van der Waals surface area (Å²) >= 11 is 0. The molecule has 1 saturated heterocycles. The molecule has 1 fully saturated rings. The van der Waals surface area contributed by atoms with Crippen molar-refractivity contribution in [1.29, 1.82) is 0 Å². The van der Waals surface area contributed by atoms with E-state index in [4.69, 9.17) is 4.74 Å². The second-order valence-electron chi connectivity index (χ2n) is 5.19. The maximum absolute atomic E-state index is 12.7. The number of carbonyl (C=O) groups excluding carboxylic acids is 1. The molecule has 1 aliphatic rings. The highest BCUT2D eigenvalue weighted by atomic mass is 19.1. The monoisotopic (exact) mass is 296 g/mol. The van der Waals surface area contributed by atoms with E-state index in [2.05, 4.69) is 10.6 Å². The zero-order valence-electron chi connectivity index (χ0n) is 11.8. The Hall–Kier alpha value is -1.66. The van der Waals surface area contributed by atoms with Gasteiger partial charge in [0.1, 0.15) is 5.82 Å². The molecule has 1 atom stereocenters. The normalized spacial score (nSPS) is 17.2. The zero-order valence-corrected chi connectivity index (χ0v) is 11.8. The molecule has 0 saturated carbocycles. The van der Waals surface area contributed by atoms with Crippen LogP contribution in [-0.2, 0) is 4.74 Å². The Kier molecular flexibility index (Phi) is 5.95. The van der Waals surface area contributed by atoms with Crippen LogP contribution in [0, 0.1) is 11.7 Å². The number of aliphatic hydroxyl groups excluding tert-OH is 1. The summed E-state index contributed by atoms with van der Waals surface area (Å²) in [4.78, 5) is 11.6. The first-order valence-corrected chi connectivity index (χ1v) is 7.21. The summed E-state index contributed by atoms with van der Waals surface area (Å²) in [6, 6.07) is 5.19. The van der Waals surface area contributed by atoms with Crippen LogP contribution >= 0.6 is 0 Å². The van der Waals surface area contributed by atoms with Gasteiger partial charge in [-0.1, -0.05) is 0 Å². The molecule has 1 aromatic carbocycles. The van der Waals surface area contributed by atoms with Crippen molar-refractivity contribution in [2.24, 2.45) is 5.92 Å². The summed E-state index contributed by atoms with van der Waals surface area (Å²) in [5.41, 5.74) is 0.527. The van der Waals surface area contributed by atoms with Crippen LogP contribution < -0.4 is 10.6 Å². The van der Waals surface area contributed by atoms with Crippen molar-refractivity contribution in [3.63, 3.8) is 0 Å². The van der Waals surface area contributed by atoms with Crippen LogP contribution in [0.4, 0.5) is 14.9 Å². The standard InChI is InChI=1S/C15H21FN2O3/c16-12-1-3-13(4-2-12)18-15(20)17-8-5-14(19)11-6-9-21-10-7-11/h1-4,11,14,19H,5-10H2,(H2,17,18,20)/t14-/m0/s1. The molecule has 1 aromatic rings. The molecule has 0 unspecified atom stereocenters. The third-order valence-corrected chi connectivity index (χ3v) is 3.64. The van der Waals surface area contributed by atoms with E-state index in [1.54, 1.807) is 0 Å². The molecule has 3 N–H and O–H groups in total. The molecular formula is C15H21FN2O3. The zero-order chi connectivity index (χ0) is 15.1. The number of urea groups is 1. The number of halogens is 1. The van der Waals surface area contributed by atoms with Crippen molar-refractivity contribution < 1.29 is 19.0 Å². The Labute approximate surface area is 123 Å². The quantitative estimate of drug-likeness (QED) is 0.779. The van der Waals surface area contributed by atoms with Gasteiger partial charge in [-0.15, -0.1) is 0 Å². The molecule has 1 heterocycles. The number of anilines is 1. The van der Waals surface area contributed by atoms with Gasteiger partial charge in [-0.2, -0.15) is 0 Å². The summed E-state index contributed by atoms with van der Waals surface area (Å²) < 4.78 is 18.0. The van der Waals surface area contributed by atoms with Crippen molar-refractivity contribution in [1.82, 2.24) is 5.32 Å². The maximum Gasteiger partial charge on any atom is 0.319 e. The Morgan fingerprint density at radius 2 is 2.00 bits per heavy atom. The average Bonchev–Trinajstić information content (AvgIpc) is 2.50. The van der Waals surface area contributed by atoms with Gasteiger partial charge in [-0.3, -0.25) is 0 Å². The minimum atomic E-state index is -0.417. The van der Waals surface area contributed by atoms with E-state index < -0.39 is 6.10 Å². The number of carbonyl (C=O) groups is 1. The smallest absolute Gasteiger partial charge is 0.319 e. The number of hydrogen-bond donors (Lipinski definition) is 3. The van der Waals surface area contributed by atoms with Gasteiger partial charge in [-0.25, -0.2) is 9.18 Å². The lowest BCUT2D eigenvalue weighted by Gasteiger charge is -2.26. The topological polar surface area (TPSA) is 70.6 Å². The first kappa shape index (κ1) is 15.7. The Morgan fingerprint density at radius 1 is 1.33 bits per heavy atom. The van der Waals surface area contributed by atoms with E-state index >= 15 is 0 Å². The molecule has 21 heavy (non-hydrogen) atoms. The van der Waals surface area contributed by atoms with Crippen molar-refractivity contribution in [2.75, 3.05) is 25.1 Å². The summed E-state index contributed by atoms with van der Waals surface area (Å²) in [5.74, 6) is -0.0961. The van der Waals surface area contributed by atoms with Crippen LogP contribution in [-0.4, -0.2) is 37.0 Å². The molecular weight excluding hydrogens is 275 g/mol. The highest BCUT2D eigenvalue weighted by Gasteiger charge is 2.21. The largest absolute Gasteiger partial charge is 0.393 e. The molecule has 0 radical (unpaired) electrons. The van der Waals surface area contributed by atoms with Crippen LogP contribution in [0.3, 0.4) is 0 Å². The average molecular weight is 296 g/mol. The van der Waals surface area contributed by atoms with E-state index in [1.165, 1.54) is 24.3 Å². The van der Waals surface area contributed by atoms with Gasteiger partial charge in [0.25, 0.3) is 0 Å². The number of benzene rings is 1. The third kappa shape index (κ3) is 5.32. The SMILES string of the molecule is O=C(NCC[C@H](O)C1CCOCC1)Nc1ccc(F)cc1. The fraction of sp³-hybridized carbons (Fsp3) is 0.533. The minimum absolute atomic E-state index is 0.251. The first-order chi connectivity index (χ1) is 10.1. The van der Waals surface area contributed by atoms with Gasteiger partial charge >= 0.3 is 6.03 Å². The van der Waals surface area contributed by atoms with Crippen LogP contribution in [0.15, 0.2) is 24.3 Å². The van der Waals surface area contributed by atoms with E-state index in [1.807, 2.05) is 0 Å². The lowest BCUT2D eigenvalue weighted by molar-refractivity contribution is 0.00549. The highest BCUT2D eigenvalue weighted by molar-refractivity contribution is 5.89. The summed E-state index contributed by atoms with van der Waals surface area (Å²) in [5, 5.41) is 15.3. The Morgan fingerprint density at radius 3 is 2.67 bits per heavy atom. The number of amides is 2. The molecule has 6 heteroatoms. The minimum Gasteiger partial charge on any atom is -0.393 e. The number of hydrogen-bond acceptors (Lipinski definition) is 3. The second-order valence-corrected chi connectivity index (χ2v) is 5.19. The lowest BCUT2D eigenvalue weighted by Crippen LogP contribution is -2.34. The van der Waals surface area contributed by atoms with Crippen LogP contribution in [0.25, 0.3) is 0 Å². The predicted molar refractivity (Wildman–Crippen MR) is 77.6 cm³/mol. The van der Waals surface area contributed by atoms with Gasteiger partial charge in [0.2, 0.25) is 0 Å². The molecule has 2 amide bonds. The van der Waals surface area contributed by atoms with Crippen LogP contribution in [0.1, 0.15) is 19.3 Å². The third-order valence-electron chi connectivity index (χ3n) is 3.64. The molecule has 0 aliphatic carbocycles. The highest BCUT2D eigenvalue weighted by Crippen LogP contribution is 2.20. The second kappa shape index (κ2) is 7.95. The summed E-state index contributed by atoms with van der Waals surface area (Å²) in [7, 11) is 0. The van der Waals surface area contributed by atoms with Crippen LogP contribution in [0.2, 0.25) is 0 Å². The van der Waals surface area contributed by atoms with Crippen molar-refractivity contribution in [2.45, 2.75) is 25.4 Å². The van der Waals surface area contributed by atoms with Gasteiger partial charge in [0.15, 0.2) is 0 Å². The van der Waals surface area contributed by atoms with E-state index in [0.717, 1.165) is 12.8 Å². The first-order valence-electron chi connectivity index (χ1n) is 7.21. The van der Waals surface area contributed by atoms with Gasteiger partial charge in [-0.05, 0) is 49.4 Å². The molecule has 5 nitrogen and oxygen atoms in total. The Bertz CT molecular complexity index is 447.